The normalized spacial score (nSPS) is 13.2. The third-order valence-corrected chi connectivity index (χ3v) is 7.78. The van der Waals surface area contributed by atoms with Crippen molar-refractivity contribution in [3.63, 3.8) is 0 Å². The second-order valence-electron chi connectivity index (χ2n) is 11.1. The molecule has 4 N–H and O–H groups in total. The SMILES string of the molecule is CC(=O)NCCN(CCCCc1ccc2c(n1)NCCC2)CCC(Nc1nc(-c2cccnc2)nc2ccccc12)C(=O)O. The van der Waals surface area contributed by atoms with Crippen LogP contribution < -0.4 is 16.0 Å². The molecule has 11 heteroatoms. The number of nitrogens with zero attached hydrogens (tertiary/aromatic N) is 5. The number of hydrogen-bond donors (Lipinski definition) is 4. The second-order valence-corrected chi connectivity index (χ2v) is 11.1. The molecule has 5 rings (SSSR count). The Labute approximate surface area is 257 Å². The first-order valence-corrected chi connectivity index (χ1v) is 15.3. The minimum atomic E-state index is -0.954. The van der Waals surface area contributed by atoms with Crippen molar-refractivity contribution < 1.29 is 14.7 Å². The van der Waals surface area contributed by atoms with Crippen molar-refractivity contribution in [2.75, 3.05) is 43.4 Å². The molecule has 1 amide bonds. The number of rotatable bonds is 15. The average molecular weight is 597 g/mol. The first-order chi connectivity index (χ1) is 21.5. The Hall–Kier alpha value is -4.64. The Morgan fingerprint density at radius 1 is 1.02 bits per heavy atom. The monoisotopic (exact) mass is 596 g/mol. The van der Waals surface area contributed by atoms with Gasteiger partial charge in [-0.2, -0.15) is 0 Å². The number of amides is 1. The van der Waals surface area contributed by atoms with E-state index >= 15 is 0 Å². The summed E-state index contributed by atoms with van der Waals surface area (Å²) in [7, 11) is 0. The predicted molar refractivity (Wildman–Crippen MR) is 172 cm³/mol. The predicted octanol–water partition coefficient (Wildman–Crippen LogP) is 4.16. The van der Waals surface area contributed by atoms with E-state index in [2.05, 4.69) is 43.0 Å². The number of carboxylic acids is 1. The van der Waals surface area contributed by atoms with Crippen LogP contribution in [0.2, 0.25) is 0 Å². The highest BCUT2D eigenvalue weighted by molar-refractivity contribution is 5.92. The zero-order valence-electron chi connectivity index (χ0n) is 25.1. The first-order valence-electron chi connectivity index (χ1n) is 15.3. The third kappa shape index (κ3) is 8.47. The smallest absolute Gasteiger partial charge is 0.326 e. The Bertz CT molecular complexity index is 1570. The number of para-hydroxylation sites is 1. The van der Waals surface area contributed by atoms with Crippen molar-refractivity contribution in [2.24, 2.45) is 0 Å². The third-order valence-electron chi connectivity index (χ3n) is 7.78. The van der Waals surface area contributed by atoms with Gasteiger partial charge in [-0.3, -0.25) is 9.78 Å². The Kier molecular flexibility index (Phi) is 10.6. The van der Waals surface area contributed by atoms with Gasteiger partial charge in [0, 0.05) is 62.1 Å². The minimum absolute atomic E-state index is 0.0813. The molecule has 0 spiro atoms. The van der Waals surface area contributed by atoms with Crippen molar-refractivity contribution >= 4 is 34.4 Å². The molecule has 0 saturated heterocycles. The number of carbonyl (C=O) groups is 2. The highest BCUT2D eigenvalue weighted by Crippen LogP contribution is 2.25. The summed E-state index contributed by atoms with van der Waals surface area (Å²) < 4.78 is 0. The number of aromatic nitrogens is 4. The van der Waals surface area contributed by atoms with Gasteiger partial charge in [-0.05, 0) is 81.0 Å². The maximum absolute atomic E-state index is 12.4. The quantitative estimate of drug-likeness (QED) is 0.148. The van der Waals surface area contributed by atoms with Gasteiger partial charge in [0.2, 0.25) is 5.91 Å². The molecule has 1 aromatic carbocycles. The molecule has 4 heterocycles. The summed E-state index contributed by atoms with van der Waals surface area (Å²) in [5.74, 6) is 0.928. The molecule has 44 heavy (non-hydrogen) atoms. The highest BCUT2D eigenvalue weighted by Gasteiger charge is 2.21. The van der Waals surface area contributed by atoms with Crippen molar-refractivity contribution in [3.8, 4) is 11.4 Å². The maximum Gasteiger partial charge on any atom is 0.326 e. The number of carbonyl (C=O) groups excluding carboxylic acids is 1. The van der Waals surface area contributed by atoms with Gasteiger partial charge >= 0.3 is 5.97 Å². The molecule has 1 unspecified atom stereocenters. The lowest BCUT2D eigenvalue weighted by atomic mass is 10.1. The van der Waals surface area contributed by atoms with E-state index in [9.17, 15) is 14.7 Å². The Balaban J connectivity index is 1.23. The molecule has 0 radical (unpaired) electrons. The molecule has 0 bridgehead atoms. The summed E-state index contributed by atoms with van der Waals surface area (Å²) in [5.41, 5.74) is 3.84. The van der Waals surface area contributed by atoms with Crippen LogP contribution in [0.25, 0.3) is 22.3 Å². The lowest BCUT2D eigenvalue weighted by molar-refractivity contribution is -0.138. The molecule has 4 aromatic rings. The lowest BCUT2D eigenvalue weighted by Crippen LogP contribution is -2.39. The topological polar surface area (TPSA) is 145 Å². The van der Waals surface area contributed by atoms with E-state index in [1.54, 1.807) is 12.4 Å². The van der Waals surface area contributed by atoms with E-state index < -0.39 is 12.0 Å². The summed E-state index contributed by atoms with van der Waals surface area (Å²) in [6.45, 7) is 4.94. The molecule has 11 nitrogen and oxygen atoms in total. The zero-order valence-corrected chi connectivity index (χ0v) is 25.1. The maximum atomic E-state index is 12.4. The molecule has 1 aliphatic heterocycles. The van der Waals surface area contributed by atoms with Crippen LogP contribution in [0.15, 0.2) is 60.9 Å². The number of aryl methyl sites for hydroxylation is 2. The number of nitrogens with one attached hydrogen (secondary N) is 3. The van der Waals surface area contributed by atoms with Gasteiger partial charge in [-0.25, -0.2) is 19.7 Å². The van der Waals surface area contributed by atoms with Crippen LogP contribution in [0.3, 0.4) is 0 Å². The number of pyridine rings is 2. The number of carboxylic acid groups (broad SMARTS) is 1. The van der Waals surface area contributed by atoms with E-state index in [1.165, 1.54) is 12.5 Å². The van der Waals surface area contributed by atoms with Crippen LogP contribution in [0.1, 0.15) is 43.9 Å². The second kappa shape index (κ2) is 15.2. The summed E-state index contributed by atoms with van der Waals surface area (Å²) in [5, 5.41) is 20.4. The van der Waals surface area contributed by atoms with E-state index in [4.69, 9.17) is 9.97 Å². The van der Waals surface area contributed by atoms with Crippen LogP contribution in [-0.4, -0.2) is 80.6 Å². The van der Waals surface area contributed by atoms with E-state index in [0.717, 1.165) is 67.7 Å². The summed E-state index contributed by atoms with van der Waals surface area (Å²) in [6, 6.07) is 14.7. The van der Waals surface area contributed by atoms with Crippen LogP contribution >= 0.6 is 0 Å². The van der Waals surface area contributed by atoms with E-state index in [0.29, 0.717) is 43.2 Å². The number of fused-ring (bicyclic) bond motifs is 2. The number of benzene rings is 1. The van der Waals surface area contributed by atoms with Gasteiger partial charge in [-0.15, -0.1) is 0 Å². The molecular formula is C33H40N8O3. The molecule has 3 aromatic heterocycles. The standard InChI is InChI=1S/C33H40N8O3/c1-23(42)35-18-21-41(19-5-4-10-26-14-13-24-8-7-17-36-30(24)37-26)20-15-29(33(43)44)39-32-27-11-2-3-12-28(27)38-31(40-32)25-9-6-16-34-22-25/h2-3,6,9,11-14,16,22,29H,4-5,7-8,10,15,17-21H2,1H3,(H,35,42)(H,36,37)(H,43,44)(H,38,39,40). The van der Waals surface area contributed by atoms with Crippen LogP contribution in [0.5, 0.6) is 0 Å². The fourth-order valence-electron chi connectivity index (χ4n) is 5.42. The van der Waals surface area contributed by atoms with Gasteiger partial charge in [0.1, 0.15) is 17.7 Å². The van der Waals surface area contributed by atoms with Gasteiger partial charge in [0.25, 0.3) is 0 Å². The zero-order chi connectivity index (χ0) is 30.7. The van der Waals surface area contributed by atoms with Crippen molar-refractivity contribution in [1.29, 1.82) is 0 Å². The van der Waals surface area contributed by atoms with Crippen molar-refractivity contribution in [2.45, 2.75) is 51.5 Å². The number of aliphatic carboxylic acids is 1. The summed E-state index contributed by atoms with van der Waals surface area (Å²) in [6.07, 6.45) is 8.72. The summed E-state index contributed by atoms with van der Waals surface area (Å²) >= 11 is 0. The molecule has 1 aliphatic rings. The van der Waals surface area contributed by atoms with Gasteiger partial charge in [0.05, 0.1) is 5.52 Å². The molecule has 1 atom stereocenters. The van der Waals surface area contributed by atoms with Gasteiger partial charge in [-0.1, -0.05) is 18.2 Å². The first kappa shape index (κ1) is 30.8. The molecule has 0 saturated carbocycles. The van der Waals surface area contributed by atoms with Gasteiger partial charge < -0.3 is 26.0 Å². The molecular weight excluding hydrogens is 556 g/mol. The molecule has 230 valence electrons. The number of unbranched alkanes of at least 4 members (excludes halogenated alkanes) is 1. The van der Waals surface area contributed by atoms with Crippen molar-refractivity contribution in [1.82, 2.24) is 30.2 Å². The minimum Gasteiger partial charge on any atom is -0.480 e. The van der Waals surface area contributed by atoms with Crippen LogP contribution in [0.4, 0.5) is 11.6 Å². The Morgan fingerprint density at radius 3 is 2.73 bits per heavy atom. The molecule has 0 aliphatic carbocycles. The number of anilines is 2. The average Bonchev–Trinajstić information content (AvgIpc) is 3.04. The number of hydrogen-bond acceptors (Lipinski definition) is 9. The highest BCUT2D eigenvalue weighted by atomic mass is 16.4. The summed E-state index contributed by atoms with van der Waals surface area (Å²) in [4.78, 5) is 44.5. The fourth-order valence-corrected chi connectivity index (χ4v) is 5.42. The van der Waals surface area contributed by atoms with Crippen LogP contribution in [-0.2, 0) is 22.4 Å². The van der Waals surface area contributed by atoms with E-state index in [-0.39, 0.29) is 5.91 Å². The molecule has 0 fully saturated rings. The van der Waals surface area contributed by atoms with Crippen molar-refractivity contribution in [3.05, 3.63) is 72.2 Å². The lowest BCUT2D eigenvalue weighted by Gasteiger charge is -2.25. The largest absolute Gasteiger partial charge is 0.480 e. The van der Waals surface area contributed by atoms with Gasteiger partial charge in [0.15, 0.2) is 5.82 Å². The Morgan fingerprint density at radius 2 is 1.91 bits per heavy atom. The van der Waals surface area contributed by atoms with Crippen LogP contribution in [0, 0.1) is 0 Å². The fraction of sp³-hybridized carbons (Fsp3) is 0.394. The van der Waals surface area contributed by atoms with E-state index in [1.807, 2.05) is 36.4 Å².